The minimum Gasteiger partial charge on any atom is -0.356 e. The molecular formula is C18H26N4S2. The maximum atomic E-state index is 4.63. The predicted molar refractivity (Wildman–Crippen MR) is 106 cm³/mol. The number of rotatable bonds is 7. The lowest BCUT2D eigenvalue weighted by atomic mass is 10.2. The van der Waals surface area contributed by atoms with Crippen LogP contribution < -0.4 is 10.6 Å². The van der Waals surface area contributed by atoms with Gasteiger partial charge in [0.2, 0.25) is 0 Å². The highest BCUT2D eigenvalue weighted by Crippen LogP contribution is 2.18. The van der Waals surface area contributed by atoms with Crippen LogP contribution in [-0.2, 0) is 6.54 Å². The van der Waals surface area contributed by atoms with Crippen LogP contribution in [0.25, 0.3) is 0 Å². The van der Waals surface area contributed by atoms with E-state index in [1.54, 1.807) is 18.4 Å². The van der Waals surface area contributed by atoms with Crippen LogP contribution >= 0.6 is 23.1 Å². The Hall–Kier alpha value is -1.53. The second-order valence-corrected chi connectivity index (χ2v) is 7.95. The summed E-state index contributed by atoms with van der Waals surface area (Å²) in [4.78, 5) is 10.2. The molecule has 4 nitrogen and oxygen atoms in total. The summed E-state index contributed by atoms with van der Waals surface area (Å²) in [6.45, 7) is 8.02. The van der Waals surface area contributed by atoms with Gasteiger partial charge in [0.1, 0.15) is 5.01 Å². The number of thioether (sulfide) groups is 1. The Morgan fingerprint density at radius 3 is 2.62 bits per heavy atom. The van der Waals surface area contributed by atoms with Gasteiger partial charge in [-0.2, -0.15) is 0 Å². The van der Waals surface area contributed by atoms with Crippen molar-refractivity contribution in [3.05, 3.63) is 45.9 Å². The van der Waals surface area contributed by atoms with Gasteiger partial charge in [0, 0.05) is 29.6 Å². The van der Waals surface area contributed by atoms with Crippen molar-refractivity contribution < 1.29 is 0 Å². The topological polar surface area (TPSA) is 49.3 Å². The Morgan fingerprint density at radius 2 is 2.00 bits per heavy atom. The van der Waals surface area contributed by atoms with Crippen LogP contribution in [0.3, 0.4) is 0 Å². The van der Waals surface area contributed by atoms with E-state index in [1.807, 2.05) is 11.8 Å². The first kappa shape index (κ1) is 18.8. The number of hydrogen-bond donors (Lipinski definition) is 2. The van der Waals surface area contributed by atoms with Crippen LogP contribution in [0.5, 0.6) is 0 Å². The highest BCUT2D eigenvalue weighted by Gasteiger charge is 2.06. The molecule has 0 radical (unpaired) electrons. The third-order valence-corrected chi connectivity index (χ3v) is 5.36. The van der Waals surface area contributed by atoms with Gasteiger partial charge in [0.15, 0.2) is 5.96 Å². The van der Waals surface area contributed by atoms with Crippen molar-refractivity contribution in [2.24, 2.45) is 4.99 Å². The molecule has 0 saturated heterocycles. The molecular weight excluding hydrogens is 336 g/mol. The number of nitrogens with one attached hydrogen (secondary N) is 2. The summed E-state index contributed by atoms with van der Waals surface area (Å²) in [6.07, 6.45) is 0. The zero-order valence-electron chi connectivity index (χ0n) is 14.8. The number of aryl methyl sites for hydroxylation is 1. The van der Waals surface area contributed by atoms with E-state index in [9.17, 15) is 0 Å². The molecule has 0 saturated carbocycles. The van der Waals surface area contributed by atoms with Gasteiger partial charge < -0.3 is 10.6 Å². The summed E-state index contributed by atoms with van der Waals surface area (Å²) >= 11 is 3.54. The summed E-state index contributed by atoms with van der Waals surface area (Å²) in [6, 6.07) is 8.63. The average molecular weight is 363 g/mol. The van der Waals surface area contributed by atoms with Crippen LogP contribution in [0.2, 0.25) is 0 Å². The van der Waals surface area contributed by atoms with Crippen LogP contribution in [0, 0.1) is 6.92 Å². The third-order valence-electron chi connectivity index (χ3n) is 3.48. The third kappa shape index (κ3) is 6.17. The Morgan fingerprint density at radius 1 is 1.25 bits per heavy atom. The van der Waals surface area contributed by atoms with Gasteiger partial charge in [-0.3, -0.25) is 4.99 Å². The first-order chi connectivity index (χ1) is 11.6. The van der Waals surface area contributed by atoms with Gasteiger partial charge in [-0.15, -0.1) is 23.1 Å². The molecule has 2 rings (SSSR count). The zero-order chi connectivity index (χ0) is 17.4. The van der Waals surface area contributed by atoms with E-state index < -0.39 is 0 Å². The minimum absolute atomic E-state index is 0.478. The second kappa shape index (κ2) is 9.69. The molecule has 24 heavy (non-hydrogen) atoms. The molecule has 0 amide bonds. The average Bonchev–Trinajstić information content (AvgIpc) is 3.05. The number of aliphatic imine (C=N–C) groups is 1. The van der Waals surface area contributed by atoms with E-state index in [-0.39, 0.29) is 0 Å². The van der Waals surface area contributed by atoms with E-state index in [0.717, 1.165) is 29.0 Å². The monoisotopic (exact) mass is 362 g/mol. The summed E-state index contributed by atoms with van der Waals surface area (Å²) in [5, 5.41) is 9.90. The van der Waals surface area contributed by atoms with E-state index in [4.69, 9.17) is 0 Å². The lowest BCUT2D eigenvalue weighted by Gasteiger charge is -2.10. The molecule has 0 atom stereocenters. The van der Waals surface area contributed by atoms with Crippen molar-refractivity contribution in [2.45, 2.75) is 38.1 Å². The molecule has 130 valence electrons. The maximum Gasteiger partial charge on any atom is 0.191 e. The van der Waals surface area contributed by atoms with Crippen LogP contribution in [0.1, 0.15) is 36.0 Å². The molecule has 0 aliphatic heterocycles. The SMILES string of the molecule is CN=C(NCCSc1ccc(C)cc1)NCc1nc(C(C)C)cs1. The van der Waals surface area contributed by atoms with Gasteiger partial charge >= 0.3 is 0 Å². The highest BCUT2D eigenvalue weighted by atomic mass is 32.2. The number of thiazole rings is 1. The van der Waals surface area contributed by atoms with Gasteiger partial charge in [0.25, 0.3) is 0 Å². The van der Waals surface area contributed by atoms with E-state index in [0.29, 0.717) is 12.5 Å². The van der Waals surface area contributed by atoms with Crippen LogP contribution in [0.15, 0.2) is 39.5 Å². The fourth-order valence-electron chi connectivity index (χ4n) is 2.02. The van der Waals surface area contributed by atoms with Gasteiger partial charge in [-0.1, -0.05) is 31.5 Å². The molecule has 0 fully saturated rings. The Labute approximate surface area is 153 Å². The summed E-state index contributed by atoms with van der Waals surface area (Å²) in [7, 11) is 1.80. The quantitative estimate of drug-likeness (QED) is 0.338. The second-order valence-electron chi connectivity index (χ2n) is 5.83. The maximum absolute atomic E-state index is 4.63. The predicted octanol–water partition coefficient (Wildman–Crippen LogP) is 4.03. The van der Waals surface area contributed by atoms with E-state index in [1.165, 1.54) is 10.5 Å². The van der Waals surface area contributed by atoms with E-state index >= 15 is 0 Å². The zero-order valence-corrected chi connectivity index (χ0v) is 16.4. The van der Waals surface area contributed by atoms with Crippen molar-refractivity contribution >= 4 is 29.1 Å². The number of hydrogen-bond acceptors (Lipinski definition) is 4. The van der Waals surface area contributed by atoms with Gasteiger partial charge in [-0.25, -0.2) is 4.98 Å². The van der Waals surface area contributed by atoms with Crippen LogP contribution in [-0.4, -0.2) is 30.3 Å². The van der Waals surface area contributed by atoms with Crippen molar-refractivity contribution in [1.82, 2.24) is 15.6 Å². The molecule has 2 N–H and O–H groups in total. The number of aromatic nitrogens is 1. The summed E-state index contributed by atoms with van der Waals surface area (Å²) in [5.74, 6) is 2.30. The van der Waals surface area contributed by atoms with Crippen molar-refractivity contribution in [3.8, 4) is 0 Å². The molecule has 0 spiro atoms. The smallest absolute Gasteiger partial charge is 0.191 e. The molecule has 0 unspecified atom stereocenters. The number of nitrogens with zero attached hydrogens (tertiary/aromatic N) is 2. The Kier molecular flexibility index (Phi) is 7.59. The lowest BCUT2D eigenvalue weighted by Crippen LogP contribution is -2.37. The van der Waals surface area contributed by atoms with Crippen molar-refractivity contribution in [3.63, 3.8) is 0 Å². The minimum atomic E-state index is 0.478. The molecule has 1 aromatic heterocycles. The number of benzene rings is 1. The first-order valence-corrected chi connectivity index (χ1v) is 10.0. The molecule has 2 aromatic rings. The fraction of sp³-hybridized carbons (Fsp3) is 0.444. The van der Waals surface area contributed by atoms with Gasteiger partial charge in [-0.05, 0) is 25.0 Å². The molecule has 6 heteroatoms. The highest BCUT2D eigenvalue weighted by molar-refractivity contribution is 7.99. The van der Waals surface area contributed by atoms with Crippen LogP contribution in [0.4, 0.5) is 0 Å². The molecule has 0 bridgehead atoms. The Balaban J connectivity index is 1.69. The summed E-state index contributed by atoms with van der Waals surface area (Å²) in [5.41, 5.74) is 2.46. The summed E-state index contributed by atoms with van der Waals surface area (Å²) < 4.78 is 0. The molecule has 0 aliphatic carbocycles. The molecule has 0 aliphatic rings. The standard InChI is InChI=1S/C18H26N4S2/c1-13(2)16-12-24-17(22-16)11-21-18(19-4)20-9-10-23-15-7-5-14(3)6-8-15/h5-8,12-13H,9-11H2,1-4H3,(H2,19,20,21). The van der Waals surface area contributed by atoms with Gasteiger partial charge in [0.05, 0.1) is 12.2 Å². The number of guanidine groups is 1. The van der Waals surface area contributed by atoms with Crippen molar-refractivity contribution in [1.29, 1.82) is 0 Å². The Bertz CT molecular complexity index is 647. The molecule has 1 aromatic carbocycles. The first-order valence-electron chi connectivity index (χ1n) is 8.16. The lowest BCUT2D eigenvalue weighted by molar-refractivity contribution is 0.794. The molecule has 1 heterocycles. The van der Waals surface area contributed by atoms with Crippen molar-refractivity contribution in [2.75, 3.05) is 19.3 Å². The normalized spacial score (nSPS) is 11.8. The van der Waals surface area contributed by atoms with E-state index in [2.05, 4.69) is 71.0 Å². The largest absolute Gasteiger partial charge is 0.356 e. The fourth-order valence-corrected chi connectivity index (χ4v) is 3.69.